The zero-order valence-electron chi connectivity index (χ0n) is 15.5. The molecule has 0 saturated heterocycles. The normalized spacial score (nSPS) is 10.4. The minimum absolute atomic E-state index is 0. The highest BCUT2D eigenvalue weighted by molar-refractivity contribution is 5.85. The number of nitrogens with one attached hydrogen (secondary N) is 1. The Morgan fingerprint density at radius 2 is 1.38 bits per heavy atom. The summed E-state index contributed by atoms with van der Waals surface area (Å²) in [6, 6.07) is 0. The summed E-state index contributed by atoms with van der Waals surface area (Å²) in [7, 11) is 0. The predicted molar refractivity (Wildman–Crippen MR) is 103 cm³/mol. The molecule has 0 aromatic heterocycles. The van der Waals surface area contributed by atoms with Gasteiger partial charge in [-0.15, -0.1) is 12.4 Å². The van der Waals surface area contributed by atoms with Gasteiger partial charge in [-0.05, 0) is 6.42 Å². The second kappa shape index (κ2) is 22.6. The first-order valence-corrected chi connectivity index (χ1v) is 9.43. The first-order valence-electron chi connectivity index (χ1n) is 9.43. The summed E-state index contributed by atoms with van der Waals surface area (Å²) in [5, 5.41) is 2.89. The fourth-order valence-corrected chi connectivity index (χ4v) is 2.35. The quantitative estimate of drug-likeness (QED) is 0.364. The Kier molecular flexibility index (Phi) is 24.4. The van der Waals surface area contributed by atoms with Crippen LogP contribution in [0.1, 0.15) is 71.1 Å². The second-order valence-corrected chi connectivity index (χ2v) is 5.94. The molecule has 146 valence electrons. The molecule has 0 aromatic carbocycles. The minimum atomic E-state index is 0. The maximum absolute atomic E-state index is 11.6. The third-order valence-electron chi connectivity index (χ3n) is 3.71. The van der Waals surface area contributed by atoms with Gasteiger partial charge in [0.2, 0.25) is 5.91 Å². The molecule has 0 aliphatic heterocycles. The molecule has 0 unspecified atom stereocenters. The Bertz CT molecular complexity index is 256. The Labute approximate surface area is 154 Å². The monoisotopic (exact) mass is 366 g/mol. The van der Waals surface area contributed by atoms with Crippen LogP contribution in [-0.4, -0.2) is 45.4 Å². The molecule has 3 N–H and O–H groups in total. The lowest BCUT2D eigenvalue weighted by Crippen LogP contribution is -2.27. The first-order chi connectivity index (χ1) is 11.3. The van der Waals surface area contributed by atoms with Gasteiger partial charge in [-0.1, -0.05) is 58.3 Å². The zero-order chi connectivity index (χ0) is 17.0. The summed E-state index contributed by atoms with van der Waals surface area (Å²) in [6.07, 6.45) is 12.1. The van der Waals surface area contributed by atoms with E-state index in [9.17, 15) is 4.79 Å². The van der Waals surface area contributed by atoms with Crippen molar-refractivity contribution in [3.8, 4) is 0 Å². The van der Waals surface area contributed by atoms with Crippen molar-refractivity contribution in [2.45, 2.75) is 71.1 Å². The number of amides is 1. The zero-order valence-corrected chi connectivity index (χ0v) is 16.3. The van der Waals surface area contributed by atoms with Crippen LogP contribution in [0, 0.1) is 0 Å². The molecular formula is C18H39ClN2O3. The van der Waals surface area contributed by atoms with Crippen LogP contribution < -0.4 is 11.1 Å². The molecule has 0 bridgehead atoms. The number of carbonyl (C=O) groups excluding carboxylic acids is 1. The molecule has 0 aliphatic carbocycles. The number of nitrogens with two attached hydrogens (primary N) is 1. The van der Waals surface area contributed by atoms with E-state index in [1.54, 1.807) is 0 Å². The molecule has 1 amide bonds. The maximum atomic E-state index is 11.6. The summed E-state index contributed by atoms with van der Waals surface area (Å²) in [5.74, 6) is 0.135. The van der Waals surface area contributed by atoms with Crippen molar-refractivity contribution >= 4 is 18.3 Å². The molecule has 0 spiro atoms. The average Bonchev–Trinajstić information content (AvgIpc) is 2.56. The van der Waals surface area contributed by atoms with E-state index in [0.29, 0.717) is 45.9 Å². The molecule has 0 atom stereocenters. The van der Waals surface area contributed by atoms with Gasteiger partial charge in [0.05, 0.1) is 26.4 Å². The van der Waals surface area contributed by atoms with Crippen molar-refractivity contribution in [1.29, 1.82) is 0 Å². The van der Waals surface area contributed by atoms with Gasteiger partial charge in [0.15, 0.2) is 0 Å². The summed E-state index contributed by atoms with van der Waals surface area (Å²) in [4.78, 5) is 11.6. The van der Waals surface area contributed by atoms with Crippen molar-refractivity contribution in [2.75, 3.05) is 39.5 Å². The van der Waals surface area contributed by atoms with Crippen molar-refractivity contribution < 1.29 is 14.3 Å². The van der Waals surface area contributed by atoms with Crippen molar-refractivity contribution in [3.63, 3.8) is 0 Å². The average molecular weight is 367 g/mol. The first kappa shape index (κ1) is 25.9. The smallest absolute Gasteiger partial charge is 0.220 e. The minimum Gasteiger partial charge on any atom is -0.378 e. The molecule has 5 nitrogen and oxygen atoms in total. The van der Waals surface area contributed by atoms with Gasteiger partial charge in [-0.3, -0.25) is 4.79 Å². The molecular weight excluding hydrogens is 328 g/mol. The van der Waals surface area contributed by atoms with Crippen LogP contribution in [0.15, 0.2) is 0 Å². The van der Waals surface area contributed by atoms with Crippen LogP contribution in [0.5, 0.6) is 0 Å². The Morgan fingerprint density at radius 3 is 1.96 bits per heavy atom. The van der Waals surface area contributed by atoms with E-state index in [-0.39, 0.29) is 18.3 Å². The van der Waals surface area contributed by atoms with Crippen LogP contribution in [0.25, 0.3) is 0 Å². The fourth-order valence-electron chi connectivity index (χ4n) is 2.35. The maximum Gasteiger partial charge on any atom is 0.220 e. The van der Waals surface area contributed by atoms with Crippen molar-refractivity contribution in [2.24, 2.45) is 5.73 Å². The second-order valence-electron chi connectivity index (χ2n) is 5.94. The molecule has 0 fully saturated rings. The predicted octanol–water partition coefficient (Wildman–Crippen LogP) is 3.44. The van der Waals surface area contributed by atoms with Crippen LogP contribution in [0.2, 0.25) is 0 Å². The molecule has 6 heteroatoms. The summed E-state index contributed by atoms with van der Waals surface area (Å²) < 4.78 is 10.5. The van der Waals surface area contributed by atoms with Crippen LogP contribution in [-0.2, 0) is 14.3 Å². The van der Waals surface area contributed by atoms with E-state index in [0.717, 1.165) is 12.8 Å². The van der Waals surface area contributed by atoms with E-state index < -0.39 is 0 Å². The van der Waals surface area contributed by atoms with Gasteiger partial charge in [-0.25, -0.2) is 0 Å². The Morgan fingerprint density at radius 1 is 0.833 bits per heavy atom. The van der Waals surface area contributed by atoms with Gasteiger partial charge in [-0.2, -0.15) is 0 Å². The lowest BCUT2D eigenvalue weighted by molar-refractivity contribution is -0.121. The molecule has 0 aliphatic rings. The van der Waals surface area contributed by atoms with Crippen molar-refractivity contribution in [1.82, 2.24) is 5.32 Å². The molecule has 24 heavy (non-hydrogen) atoms. The van der Waals surface area contributed by atoms with E-state index in [1.807, 2.05) is 0 Å². The standard InChI is InChI=1S/C18H38N2O3.ClH/c1-2-3-4-5-6-7-8-9-10-11-18(21)20-13-15-23-17-16-22-14-12-19;/h2-17,19H2,1H3,(H,20,21);1H. The topological polar surface area (TPSA) is 73.6 Å². The number of rotatable bonds is 18. The summed E-state index contributed by atoms with van der Waals surface area (Å²) in [5.41, 5.74) is 5.30. The highest BCUT2D eigenvalue weighted by atomic mass is 35.5. The Balaban J connectivity index is 0. The number of ether oxygens (including phenoxy) is 2. The van der Waals surface area contributed by atoms with Gasteiger partial charge in [0, 0.05) is 19.5 Å². The molecule has 0 heterocycles. The van der Waals surface area contributed by atoms with Crippen LogP contribution in [0.3, 0.4) is 0 Å². The SMILES string of the molecule is CCCCCCCCCCCC(=O)NCCOCCOCCN.Cl. The third kappa shape index (κ3) is 21.6. The summed E-state index contributed by atoms with van der Waals surface area (Å²) >= 11 is 0. The van der Waals surface area contributed by atoms with E-state index in [2.05, 4.69) is 12.2 Å². The Hall–Kier alpha value is -0.360. The van der Waals surface area contributed by atoms with Gasteiger partial charge in [0.25, 0.3) is 0 Å². The van der Waals surface area contributed by atoms with E-state index in [1.165, 1.54) is 44.9 Å². The number of hydrogen-bond donors (Lipinski definition) is 2. The number of carbonyl (C=O) groups is 1. The third-order valence-corrected chi connectivity index (χ3v) is 3.71. The highest BCUT2D eigenvalue weighted by Gasteiger charge is 2.00. The van der Waals surface area contributed by atoms with E-state index in [4.69, 9.17) is 15.2 Å². The van der Waals surface area contributed by atoms with E-state index >= 15 is 0 Å². The number of halogens is 1. The molecule has 0 aromatic rings. The number of hydrogen-bond acceptors (Lipinski definition) is 4. The fraction of sp³-hybridized carbons (Fsp3) is 0.944. The molecule has 0 radical (unpaired) electrons. The lowest BCUT2D eigenvalue weighted by atomic mass is 10.1. The van der Waals surface area contributed by atoms with Crippen molar-refractivity contribution in [3.05, 3.63) is 0 Å². The van der Waals surface area contributed by atoms with Gasteiger partial charge >= 0.3 is 0 Å². The van der Waals surface area contributed by atoms with Gasteiger partial charge < -0.3 is 20.5 Å². The van der Waals surface area contributed by atoms with Gasteiger partial charge in [0.1, 0.15) is 0 Å². The highest BCUT2D eigenvalue weighted by Crippen LogP contribution is 2.10. The van der Waals surface area contributed by atoms with Crippen LogP contribution >= 0.6 is 12.4 Å². The number of unbranched alkanes of at least 4 members (excludes halogenated alkanes) is 8. The largest absolute Gasteiger partial charge is 0.378 e. The van der Waals surface area contributed by atoms with Crippen LogP contribution in [0.4, 0.5) is 0 Å². The lowest BCUT2D eigenvalue weighted by Gasteiger charge is -2.07. The summed E-state index contributed by atoms with van der Waals surface area (Å²) in [6.45, 7) is 5.57. The molecule has 0 saturated carbocycles. The molecule has 0 rings (SSSR count).